The van der Waals surface area contributed by atoms with E-state index in [9.17, 15) is 13.2 Å². The summed E-state index contributed by atoms with van der Waals surface area (Å²) in [6.45, 7) is 4.07. The lowest BCUT2D eigenvalue weighted by atomic mass is 9.98. The molecule has 3 heterocycles. The fraction of sp³-hybridized carbons (Fsp3) is 0.429. The first-order chi connectivity index (χ1) is 14.1. The number of rotatable bonds is 2. The number of benzene rings is 1. The van der Waals surface area contributed by atoms with Crippen LogP contribution >= 0.6 is 0 Å². The van der Waals surface area contributed by atoms with Crippen LogP contribution in [0.15, 0.2) is 35.3 Å². The van der Waals surface area contributed by atoms with Gasteiger partial charge in [0.25, 0.3) is 0 Å². The van der Waals surface area contributed by atoms with Crippen molar-refractivity contribution >= 4 is 17.5 Å². The zero-order chi connectivity index (χ0) is 21.8. The molecule has 2 aliphatic rings. The Balaban J connectivity index is 1.94. The van der Waals surface area contributed by atoms with Crippen LogP contribution in [-0.4, -0.2) is 35.0 Å². The van der Waals surface area contributed by atoms with Crippen molar-refractivity contribution < 1.29 is 13.2 Å². The van der Waals surface area contributed by atoms with Crippen molar-refractivity contribution in [3.8, 4) is 11.3 Å². The summed E-state index contributed by atoms with van der Waals surface area (Å²) in [5.41, 5.74) is 12.8. The molecule has 6 nitrogen and oxygen atoms in total. The molecule has 0 bridgehead atoms. The summed E-state index contributed by atoms with van der Waals surface area (Å²) in [7, 11) is 1.70. The summed E-state index contributed by atoms with van der Waals surface area (Å²) in [5, 5.41) is 0. The van der Waals surface area contributed by atoms with Gasteiger partial charge in [-0.05, 0) is 51.0 Å². The maximum absolute atomic E-state index is 14.0. The number of aliphatic imine (C=N–C) groups is 1. The van der Waals surface area contributed by atoms with Gasteiger partial charge in [-0.2, -0.15) is 18.2 Å². The lowest BCUT2D eigenvalue weighted by Gasteiger charge is -2.33. The quantitative estimate of drug-likeness (QED) is 0.770. The van der Waals surface area contributed by atoms with E-state index in [4.69, 9.17) is 11.5 Å². The first-order valence-corrected chi connectivity index (χ1v) is 9.92. The number of alkyl halides is 3. The Bertz CT molecular complexity index is 993. The van der Waals surface area contributed by atoms with Crippen molar-refractivity contribution in [2.45, 2.75) is 51.1 Å². The number of hydrogen-bond donors (Lipinski definition) is 2. The monoisotopic (exact) mass is 418 g/mol. The maximum atomic E-state index is 14.0. The molecule has 0 radical (unpaired) electrons. The highest BCUT2D eigenvalue weighted by atomic mass is 19.4. The normalized spacial score (nSPS) is 24.1. The van der Waals surface area contributed by atoms with Gasteiger partial charge in [0.15, 0.2) is 11.8 Å². The zero-order valence-corrected chi connectivity index (χ0v) is 17.1. The summed E-state index contributed by atoms with van der Waals surface area (Å²) in [6.07, 6.45) is -3.23. The van der Waals surface area contributed by atoms with Gasteiger partial charge < -0.3 is 21.3 Å². The van der Waals surface area contributed by atoms with Crippen LogP contribution in [0.2, 0.25) is 0 Å². The molecule has 9 heteroatoms. The highest BCUT2D eigenvalue weighted by Gasteiger charge is 2.38. The second kappa shape index (κ2) is 7.16. The van der Waals surface area contributed by atoms with Crippen molar-refractivity contribution in [1.82, 2.24) is 9.88 Å². The summed E-state index contributed by atoms with van der Waals surface area (Å²) in [6, 6.07) is 7.83. The van der Waals surface area contributed by atoms with Crippen LogP contribution in [0.5, 0.6) is 0 Å². The molecule has 0 saturated carbocycles. The molecule has 2 aromatic rings. The van der Waals surface area contributed by atoms with Crippen LogP contribution in [0.3, 0.4) is 0 Å². The smallest absolute Gasteiger partial charge is 0.369 e. The fourth-order valence-corrected chi connectivity index (χ4v) is 4.39. The molecule has 30 heavy (non-hydrogen) atoms. The SMILES string of the molecule is CC1CCC(C)N1c1cccc(C(F)(F)F)c1-c1ccc2c(n1)N=C(N)N(C)C2N. The molecule has 0 spiro atoms. The third-order valence-electron chi connectivity index (χ3n) is 6.06. The molecular weight excluding hydrogens is 393 g/mol. The van der Waals surface area contributed by atoms with E-state index in [2.05, 4.69) is 14.9 Å². The Labute approximate surface area is 173 Å². The number of anilines is 1. The van der Waals surface area contributed by atoms with E-state index in [0.29, 0.717) is 11.3 Å². The predicted molar refractivity (Wildman–Crippen MR) is 111 cm³/mol. The summed E-state index contributed by atoms with van der Waals surface area (Å²) in [4.78, 5) is 12.4. The second-order valence-electron chi connectivity index (χ2n) is 8.02. The fourth-order valence-electron chi connectivity index (χ4n) is 4.39. The van der Waals surface area contributed by atoms with Gasteiger partial charge in [0.2, 0.25) is 0 Å². The number of guanidine groups is 1. The highest BCUT2D eigenvalue weighted by molar-refractivity contribution is 5.85. The van der Waals surface area contributed by atoms with Crippen LogP contribution < -0.4 is 16.4 Å². The van der Waals surface area contributed by atoms with Gasteiger partial charge in [-0.25, -0.2) is 4.98 Å². The molecular formula is C21H25F3N6. The van der Waals surface area contributed by atoms with Crippen molar-refractivity contribution in [1.29, 1.82) is 0 Å². The minimum absolute atomic E-state index is 0.0645. The molecule has 3 atom stereocenters. The first kappa shape index (κ1) is 20.5. The number of hydrogen-bond acceptors (Lipinski definition) is 6. The van der Waals surface area contributed by atoms with Crippen LogP contribution in [0.25, 0.3) is 11.3 Å². The average Bonchev–Trinajstić information content (AvgIpc) is 3.02. The molecule has 1 aromatic carbocycles. The van der Waals surface area contributed by atoms with Gasteiger partial charge in [-0.1, -0.05) is 6.07 Å². The predicted octanol–water partition coefficient (Wildman–Crippen LogP) is 3.99. The highest BCUT2D eigenvalue weighted by Crippen LogP contribution is 2.45. The summed E-state index contributed by atoms with van der Waals surface area (Å²) >= 11 is 0. The zero-order valence-electron chi connectivity index (χ0n) is 17.1. The van der Waals surface area contributed by atoms with Gasteiger partial charge in [0.05, 0.1) is 11.3 Å². The van der Waals surface area contributed by atoms with Crippen LogP contribution in [0.4, 0.5) is 24.7 Å². The molecule has 4 N–H and O–H groups in total. The van der Waals surface area contributed by atoms with Gasteiger partial charge >= 0.3 is 6.18 Å². The molecule has 2 aliphatic heterocycles. The molecule has 160 valence electrons. The van der Waals surface area contributed by atoms with E-state index in [1.54, 1.807) is 30.1 Å². The van der Waals surface area contributed by atoms with Crippen LogP contribution in [-0.2, 0) is 6.18 Å². The number of aromatic nitrogens is 1. The van der Waals surface area contributed by atoms with Crippen molar-refractivity contribution in [2.24, 2.45) is 16.5 Å². The summed E-state index contributed by atoms with van der Waals surface area (Å²) in [5.74, 6) is 0.423. The molecule has 1 aromatic heterocycles. The summed E-state index contributed by atoms with van der Waals surface area (Å²) < 4.78 is 42.0. The van der Waals surface area contributed by atoms with Gasteiger partial charge in [-0.15, -0.1) is 0 Å². The molecule has 0 amide bonds. The number of halogens is 3. The molecule has 0 aliphatic carbocycles. The van der Waals surface area contributed by atoms with Crippen LogP contribution in [0, 0.1) is 0 Å². The second-order valence-corrected chi connectivity index (χ2v) is 8.02. The Morgan fingerprint density at radius 3 is 2.37 bits per heavy atom. The standard InChI is InChI=1S/C21H25F3N6/c1-11-7-8-12(2)30(11)16-6-4-5-14(21(22,23)24)17(16)15-10-9-13-18(25)29(3)20(26)28-19(13)27-15/h4-6,9-12,18H,7-8,25H2,1-3H3,(H2,26,27,28). The van der Waals surface area contributed by atoms with E-state index in [1.165, 1.54) is 6.07 Å². The number of nitrogens with zero attached hydrogens (tertiary/aromatic N) is 4. The van der Waals surface area contributed by atoms with E-state index in [-0.39, 0.29) is 35.1 Å². The number of fused-ring (bicyclic) bond motifs is 1. The Morgan fingerprint density at radius 2 is 1.73 bits per heavy atom. The molecule has 1 saturated heterocycles. The number of nitrogens with two attached hydrogens (primary N) is 2. The van der Waals surface area contributed by atoms with E-state index >= 15 is 0 Å². The largest absolute Gasteiger partial charge is 0.417 e. The minimum atomic E-state index is -4.52. The molecule has 3 unspecified atom stereocenters. The van der Waals surface area contributed by atoms with E-state index < -0.39 is 17.9 Å². The Hall–Kier alpha value is -2.81. The van der Waals surface area contributed by atoms with Crippen molar-refractivity contribution in [3.63, 3.8) is 0 Å². The van der Waals surface area contributed by atoms with Crippen molar-refractivity contribution in [3.05, 3.63) is 41.5 Å². The third kappa shape index (κ3) is 3.27. The molecule has 4 rings (SSSR count). The van der Waals surface area contributed by atoms with Crippen LogP contribution in [0.1, 0.15) is 44.0 Å². The lowest BCUT2D eigenvalue weighted by Crippen LogP contribution is -2.43. The third-order valence-corrected chi connectivity index (χ3v) is 6.06. The van der Waals surface area contributed by atoms with Gasteiger partial charge in [-0.3, -0.25) is 0 Å². The average molecular weight is 418 g/mol. The van der Waals surface area contributed by atoms with Gasteiger partial charge in [0, 0.05) is 35.9 Å². The lowest BCUT2D eigenvalue weighted by molar-refractivity contribution is -0.137. The topological polar surface area (TPSA) is 83.8 Å². The van der Waals surface area contributed by atoms with E-state index in [1.807, 2.05) is 13.8 Å². The maximum Gasteiger partial charge on any atom is 0.417 e. The first-order valence-electron chi connectivity index (χ1n) is 9.92. The Kier molecular flexibility index (Phi) is 4.88. The Morgan fingerprint density at radius 1 is 1.07 bits per heavy atom. The number of pyridine rings is 1. The minimum Gasteiger partial charge on any atom is -0.369 e. The van der Waals surface area contributed by atoms with Crippen molar-refractivity contribution in [2.75, 3.05) is 11.9 Å². The molecule has 1 fully saturated rings. The van der Waals surface area contributed by atoms with Gasteiger partial charge in [0.1, 0.15) is 6.17 Å². The van der Waals surface area contributed by atoms with E-state index in [0.717, 1.165) is 18.9 Å².